The van der Waals surface area contributed by atoms with Gasteiger partial charge in [0.1, 0.15) is 25.8 Å². The fraction of sp³-hybridized carbons (Fsp3) is 0.667. The van der Waals surface area contributed by atoms with Crippen molar-refractivity contribution in [3.8, 4) is 0 Å². The number of carbonyl (C=O) groups excluding carboxylic acids is 2. The predicted molar refractivity (Wildman–Crippen MR) is 269 cm³/mol. The maximum absolute atomic E-state index is 13.0. The van der Waals surface area contributed by atoms with Crippen LogP contribution in [-0.4, -0.2) is 109 Å². The summed E-state index contributed by atoms with van der Waals surface area (Å²) in [5.74, 6) is -2.36. The van der Waals surface area contributed by atoms with Crippen LogP contribution in [-0.2, 0) is 37.5 Å². The number of rotatable bonds is 43. The molecule has 0 spiro atoms. The number of aliphatic hydroxyl groups is 1. The molecule has 0 fully saturated rings. The van der Waals surface area contributed by atoms with Crippen LogP contribution >= 0.6 is 19.6 Å². The fourth-order valence-electron chi connectivity index (χ4n) is 5.93. The second kappa shape index (κ2) is 42.1. The summed E-state index contributed by atoms with van der Waals surface area (Å²) in [6, 6.07) is -1.15. The first-order valence-corrected chi connectivity index (χ1v) is 26.7. The van der Waals surface area contributed by atoms with Crippen LogP contribution in [0.5, 0.6) is 0 Å². The summed E-state index contributed by atoms with van der Waals surface area (Å²) >= 11 is 1.21. The summed E-state index contributed by atoms with van der Waals surface area (Å²) in [5.41, 5.74) is 6.20. The Morgan fingerprint density at radius 1 is 0.712 bits per heavy atom. The summed E-state index contributed by atoms with van der Waals surface area (Å²) in [5, 5.41) is 19.5. The number of phosphoric ester groups is 1. The van der Waals surface area contributed by atoms with Crippen molar-refractivity contribution in [2.45, 2.75) is 166 Å². The molecule has 0 radical (unpaired) electrons. The molecule has 0 saturated heterocycles. The molecule has 5 atom stereocenters. The van der Waals surface area contributed by atoms with Gasteiger partial charge in [-0.3, -0.25) is 18.9 Å². The van der Waals surface area contributed by atoms with E-state index in [2.05, 4.69) is 50.3 Å². The lowest BCUT2D eigenvalue weighted by Gasteiger charge is -2.28. The van der Waals surface area contributed by atoms with E-state index in [-0.39, 0.29) is 38.0 Å². The number of ether oxygens (including phenoxy) is 2. The highest BCUT2D eigenvalue weighted by Gasteiger charge is 2.25. The number of nitrogens with two attached hydrogens (primary N) is 1. The Kier molecular flexibility index (Phi) is 40.1. The van der Waals surface area contributed by atoms with E-state index >= 15 is 0 Å². The largest absolute Gasteiger partial charge is 0.756 e. The van der Waals surface area contributed by atoms with E-state index in [0.29, 0.717) is 23.9 Å². The van der Waals surface area contributed by atoms with Crippen molar-refractivity contribution in [2.75, 3.05) is 53.3 Å². The molecule has 0 aromatic rings. The average molecular weight is 967 g/mol. The third-order valence-corrected chi connectivity index (χ3v) is 12.3. The van der Waals surface area contributed by atoms with Crippen LogP contribution < -0.4 is 10.6 Å². The maximum atomic E-state index is 13.0. The Morgan fingerprint density at radius 3 is 1.91 bits per heavy atom. The number of hydrogen-bond donors (Lipinski definition) is 3. The van der Waals surface area contributed by atoms with E-state index in [1.165, 1.54) is 69.5 Å². The molecule has 0 amide bonds. The van der Waals surface area contributed by atoms with Gasteiger partial charge in [-0.2, -0.15) is 0 Å². The van der Waals surface area contributed by atoms with Gasteiger partial charge in [0, 0.05) is 23.8 Å². The van der Waals surface area contributed by atoms with Gasteiger partial charge in [0.05, 0.1) is 33.9 Å². The third-order valence-electron chi connectivity index (χ3n) is 9.88. The molecule has 0 aromatic heterocycles. The number of unbranched alkanes of at least 4 members (excludes halogenated alkanes) is 10. The number of nitrogens with zero attached hydrogens (tertiary/aromatic N) is 1. The van der Waals surface area contributed by atoms with E-state index in [1.807, 2.05) is 57.6 Å². The van der Waals surface area contributed by atoms with Crippen LogP contribution in [0.25, 0.3) is 0 Å². The van der Waals surface area contributed by atoms with Crippen LogP contribution in [0.1, 0.15) is 142 Å². The highest BCUT2D eigenvalue weighted by molar-refractivity contribution is 8.00. The van der Waals surface area contributed by atoms with Crippen molar-refractivity contribution >= 4 is 37.5 Å². The Morgan fingerprint density at radius 2 is 1.27 bits per heavy atom. The first kappa shape index (κ1) is 62.9. The molecule has 0 rings (SSSR count). The molecule has 1 unspecified atom stereocenters. The topological polar surface area (TPSA) is 195 Å². The molecule has 0 aliphatic heterocycles. The normalized spacial score (nSPS) is 15.5. The first-order valence-electron chi connectivity index (χ1n) is 24.2. The first-order chi connectivity index (χ1) is 31.6. The molecule has 15 heteroatoms. The number of carboxylic acid groups (broad SMARTS) is 1. The van der Waals surface area contributed by atoms with E-state index < -0.39 is 62.4 Å². The summed E-state index contributed by atoms with van der Waals surface area (Å²) in [7, 11) is 0.864. The Balaban J connectivity index is 5.28. The number of thioether (sulfide) groups is 1. The highest BCUT2D eigenvalue weighted by atomic mass is 32.2. The molecule has 0 aliphatic rings. The quantitative estimate of drug-likeness (QED) is 0.0131. The number of aliphatic carboxylic acids is 1. The molecule has 378 valence electrons. The van der Waals surface area contributed by atoms with Crippen LogP contribution in [0.4, 0.5) is 0 Å². The molecule has 0 aromatic carbocycles. The van der Waals surface area contributed by atoms with Gasteiger partial charge < -0.3 is 43.8 Å². The lowest BCUT2D eigenvalue weighted by Crippen LogP contribution is -2.39. The van der Waals surface area contributed by atoms with Crippen molar-refractivity contribution < 1.29 is 57.1 Å². The van der Waals surface area contributed by atoms with Crippen LogP contribution in [0.3, 0.4) is 0 Å². The molecular formula is C51H87N2O11PS. The number of phosphoric acid groups is 1. The third kappa shape index (κ3) is 42.3. The molecule has 4 N–H and O–H groups in total. The van der Waals surface area contributed by atoms with E-state index in [9.17, 15) is 28.9 Å². The van der Waals surface area contributed by atoms with Gasteiger partial charge >= 0.3 is 17.9 Å². The minimum atomic E-state index is -4.78. The Hall–Kier alpha value is -3.07. The second-order valence-electron chi connectivity index (χ2n) is 17.3. The van der Waals surface area contributed by atoms with Crippen LogP contribution in [0.15, 0.2) is 85.1 Å². The number of carbonyl (C=O) groups is 3. The number of quaternary nitrogens is 1. The van der Waals surface area contributed by atoms with Crippen LogP contribution in [0, 0.1) is 0 Å². The number of carboxylic acids is 1. The lowest BCUT2D eigenvalue weighted by molar-refractivity contribution is -0.870. The number of hydrogen-bond acceptors (Lipinski definition) is 12. The van der Waals surface area contributed by atoms with Gasteiger partial charge in [-0.25, -0.2) is 0 Å². The van der Waals surface area contributed by atoms with Crippen molar-refractivity contribution in [1.29, 1.82) is 0 Å². The van der Waals surface area contributed by atoms with E-state index in [4.69, 9.17) is 29.4 Å². The monoisotopic (exact) mass is 967 g/mol. The standard InChI is InChI=1S/C51H87N2O11PS/c1-6-8-10-12-14-16-18-20-21-22-23-24-26-28-30-32-34-39-50(57)64-45(43-63-65(59,60)62-41-40-53(3,4)5)42-61-51(58)46(52)44-66-48(47(54)36-35-38-49(55)56)37-33-31-29-27-25-19-17-15-13-11-9-7-2/h15,17,20-21,23-25,27-31,33,37,45-48,54H,6-14,16,18-19,22,26,32,34-36,38-44,52H2,1-5H3,(H-,55,56,59,60)/b17-15-,21-20-,24-23-,27-25-,30-28-,31-29+,37-33+/t45-,46+,47+,48-/m1/s1. The summed E-state index contributed by atoms with van der Waals surface area (Å²) in [4.78, 5) is 49.5. The SMILES string of the molecule is CCCCC/C=C\C\C=C/C=C/C=C/[C@@H](SC[C@H](N)C(=O)OC[C@H](COP(=O)([O-])OCC[N+](C)(C)C)OC(=O)CCC/C=C\C/C=C\C/C=C\CCCCCCCC)[C@@H](O)CCCC(=O)O. The average Bonchev–Trinajstić information content (AvgIpc) is 3.26. The van der Waals surface area contributed by atoms with E-state index in [0.717, 1.165) is 32.1 Å². The zero-order chi connectivity index (χ0) is 49.2. The maximum Gasteiger partial charge on any atom is 0.323 e. The minimum Gasteiger partial charge on any atom is -0.756 e. The van der Waals surface area contributed by atoms with Gasteiger partial charge in [-0.1, -0.05) is 144 Å². The molecule has 13 nitrogen and oxygen atoms in total. The van der Waals surface area contributed by atoms with Crippen molar-refractivity contribution in [1.82, 2.24) is 0 Å². The molecule has 66 heavy (non-hydrogen) atoms. The summed E-state index contributed by atoms with van der Waals surface area (Å²) in [6.45, 7) is 3.53. The highest BCUT2D eigenvalue weighted by Crippen LogP contribution is 2.38. The molecule has 0 aliphatic carbocycles. The number of likely N-dealkylation sites (N-methyl/N-ethyl adjacent to an activating group) is 1. The number of aliphatic hydroxyl groups excluding tert-OH is 1. The van der Waals surface area contributed by atoms with Gasteiger partial charge in [-0.05, 0) is 70.6 Å². The van der Waals surface area contributed by atoms with Gasteiger partial charge in [0.2, 0.25) is 0 Å². The Bertz CT molecular complexity index is 1520. The lowest BCUT2D eigenvalue weighted by atomic mass is 10.1. The summed E-state index contributed by atoms with van der Waals surface area (Å²) < 4.78 is 33.9. The summed E-state index contributed by atoms with van der Waals surface area (Å²) in [6.07, 6.45) is 43.8. The zero-order valence-corrected chi connectivity index (χ0v) is 42.7. The van der Waals surface area contributed by atoms with Crippen molar-refractivity contribution in [3.05, 3.63) is 85.1 Å². The zero-order valence-electron chi connectivity index (χ0n) is 41.0. The number of allylic oxidation sites excluding steroid dienone is 13. The van der Waals surface area contributed by atoms with Gasteiger partial charge in [-0.15, -0.1) is 11.8 Å². The molecular weight excluding hydrogens is 880 g/mol. The van der Waals surface area contributed by atoms with Crippen molar-refractivity contribution in [2.24, 2.45) is 5.73 Å². The minimum absolute atomic E-state index is 0.0363. The number of esters is 2. The van der Waals surface area contributed by atoms with Crippen molar-refractivity contribution in [3.63, 3.8) is 0 Å². The van der Waals surface area contributed by atoms with Gasteiger partial charge in [0.25, 0.3) is 7.82 Å². The van der Waals surface area contributed by atoms with Crippen LogP contribution in [0.2, 0.25) is 0 Å². The predicted octanol–water partition coefficient (Wildman–Crippen LogP) is 10.3. The molecule has 0 saturated carbocycles. The molecule has 0 heterocycles. The fourth-order valence-corrected chi connectivity index (χ4v) is 7.79. The van der Waals surface area contributed by atoms with Gasteiger partial charge in [0.15, 0.2) is 6.10 Å². The molecule has 0 bridgehead atoms. The Labute approximate surface area is 402 Å². The van der Waals surface area contributed by atoms with E-state index in [1.54, 1.807) is 12.2 Å². The second-order valence-corrected chi connectivity index (χ2v) is 19.9. The smallest absolute Gasteiger partial charge is 0.323 e.